The summed E-state index contributed by atoms with van der Waals surface area (Å²) in [6, 6.07) is 19.6. The molecule has 30 heavy (non-hydrogen) atoms. The highest BCUT2D eigenvalue weighted by atomic mass is 16.2. The lowest BCUT2D eigenvalue weighted by molar-refractivity contribution is 0.0846. The Hall–Kier alpha value is -4.40. The fraction of sp³-hybridized carbons (Fsp3) is 0.0476. The number of nitrogens with zero attached hydrogens (tertiary/aromatic N) is 5. The van der Waals surface area contributed by atoms with E-state index in [-0.39, 0.29) is 0 Å². The van der Waals surface area contributed by atoms with Gasteiger partial charge in [0.05, 0.1) is 6.54 Å². The number of nitrogens with one attached hydrogen (secondary N) is 2. The largest absolute Gasteiger partial charge is 0.269 e. The summed E-state index contributed by atoms with van der Waals surface area (Å²) in [6.07, 6.45) is 3.00. The van der Waals surface area contributed by atoms with E-state index in [1.807, 2.05) is 30.3 Å². The highest BCUT2D eigenvalue weighted by Gasteiger charge is 2.10. The van der Waals surface area contributed by atoms with Crippen molar-refractivity contribution in [3.8, 4) is 11.4 Å². The van der Waals surface area contributed by atoms with Crippen molar-refractivity contribution in [2.75, 3.05) is 0 Å². The van der Waals surface area contributed by atoms with Crippen molar-refractivity contribution in [1.29, 1.82) is 0 Å². The predicted molar refractivity (Wildman–Crippen MR) is 108 cm³/mol. The van der Waals surface area contributed by atoms with Crippen molar-refractivity contribution >= 4 is 11.8 Å². The third-order valence-electron chi connectivity index (χ3n) is 4.26. The molecule has 2 amide bonds. The van der Waals surface area contributed by atoms with E-state index >= 15 is 0 Å². The van der Waals surface area contributed by atoms with Crippen LogP contribution in [0.1, 0.15) is 26.3 Å². The Balaban J connectivity index is 1.34. The maximum absolute atomic E-state index is 12.2. The molecule has 2 aromatic heterocycles. The van der Waals surface area contributed by atoms with Crippen LogP contribution in [-0.2, 0) is 6.54 Å². The van der Waals surface area contributed by atoms with Gasteiger partial charge in [-0.05, 0) is 35.0 Å². The first-order valence-electron chi connectivity index (χ1n) is 9.12. The standard InChI is InChI=1S/C21H17N7O2/c29-20(24-25-21(30)18-10-12-22-13-11-18)17-8-6-15(7-9-17)14-28-26-19(23-27-28)16-4-2-1-3-5-16/h1-13H,14H2,(H,24,29)(H,25,30). The molecule has 2 N–H and O–H groups in total. The Morgan fingerprint density at radius 1 is 0.800 bits per heavy atom. The minimum absolute atomic E-state index is 0.399. The molecule has 0 unspecified atom stereocenters. The first-order valence-corrected chi connectivity index (χ1v) is 9.12. The Bertz CT molecular complexity index is 1140. The molecular weight excluding hydrogens is 382 g/mol. The third-order valence-corrected chi connectivity index (χ3v) is 4.26. The SMILES string of the molecule is O=C(NNC(=O)c1ccc(Cn2nnc(-c3ccccc3)n2)cc1)c1ccncc1. The predicted octanol–water partition coefficient (Wildman–Crippen LogP) is 1.86. The number of hydrogen-bond donors (Lipinski definition) is 2. The number of rotatable bonds is 5. The summed E-state index contributed by atoms with van der Waals surface area (Å²) in [5.74, 6) is -0.292. The van der Waals surface area contributed by atoms with Crippen molar-refractivity contribution in [2.45, 2.75) is 6.54 Å². The van der Waals surface area contributed by atoms with Crippen molar-refractivity contribution in [1.82, 2.24) is 36.0 Å². The van der Waals surface area contributed by atoms with Gasteiger partial charge in [-0.3, -0.25) is 25.4 Å². The van der Waals surface area contributed by atoms with Crippen molar-refractivity contribution in [3.63, 3.8) is 0 Å². The summed E-state index contributed by atoms with van der Waals surface area (Å²) in [4.78, 5) is 29.5. The summed E-state index contributed by atoms with van der Waals surface area (Å²) in [5.41, 5.74) is 7.37. The van der Waals surface area contributed by atoms with Crippen LogP contribution in [-0.4, -0.2) is 37.0 Å². The molecule has 4 rings (SSSR count). The minimum atomic E-state index is -0.422. The van der Waals surface area contributed by atoms with Gasteiger partial charge in [0.2, 0.25) is 5.82 Å². The minimum Gasteiger partial charge on any atom is -0.267 e. The van der Waals surface area contributed by atoms with E-state index in [2.05, 4.69) is 31.2 Å². The maximum Gasteiger partial charge on any atom is 0.269 e. The Morgan fingerprint density at radius 3 is 2.10 bits per heavy atom. The number of hydrogen-bond acceptors (Lipinski definition) is 6. The summed E-state index contributed by atoms with van der Waals surface area (Å²) >= 11 is 0. The van der Waals surface area contributed by atoms with E-state index in [1.165, 1.54) is 17.2 Å². The molecule has 0 saturated heterocycles. The third kappa shape index (κ3) is 4.53. The highest BCUT2D eigenvalue weighted by molar-refractivity contribution is 5.98. The van der Waals surface area contributed by atoms with Gasteiger partial charge in [-0.25, -0.2) is 0 Å². The van der Waals surface area contributed by atoms with Crippen LogP contribution in [0, 0.1) is 0 Å². The van der Waals surface area contributed by atoms with E-state index in [0.717, 1.165) is 11.1 Å². The van der Waals surface area contributed by atoms with Crippen LogP contribution >= 0.6 is 0 Å². The highest BCUT2D eigenvalue weighted by Crippen LogP contribution is 2.12. The van der Waals surface area contributed by atoms with Gasteiger partial charge in [-0.15, -0.1) is 10.2 Å². The van der Waals surface area contributed by atoms with Crippen molar-refractivity contribution in [3.05, 3.63) is 95.8 Å². The van der Waals surface area contributed by atoms with Gasteiger partial charge in [0, 0.05) is 29.1 Å². The number of carbonyl (C=O) groups excluding carboxylic acids is 2. The average Bonchev–Trinajstić information content (AvgIpc) is 3.27. The van der Waals surface area contributed by atoms with Gasteiger partial charge in [-0.1, -0.05) is 42.5 Å². The second-order valence-electron chi connectivity index (χ2n) is 6.35. The van der Waals surface area contributed by atoms with Gasteiger partial charge in [0.25, 0.3) is 11.8 Å². The normalized spacial score (nSPS) is 10.4. The zero-order valence-corrected chi connectivity index (χ0v) is 15.8. The van der Waals surface area contributed by atoms with Crippen LogP contribution in [0.15, 0.2) is 79.1 Å². The number of carbonyl (C=O) groups is 2. The van der Waals surface area contributed by atoms with E-state index in [4.69, 9.17) is 0 Å². The topological polar surface area (TPSA) is 115 Å². The second-order valence-corrected chi connectivity index (χ2v) is 6.35. The fourth-order valence-corrected chi connectivity index (χ4v) is 2.70. The molecule has 0 aliphatic rings. The number of pyridine rings is 1. The quantitative estimate of drug-likeness (QED) is 0.495. The maximum atomic E-state index is 12.2. The molecular formula is C21H17N7O2. The lowest BCUT2D eigenvalue weighted by Gasteiger charge is -2.08. The van der Waals surface area contributed by atoms with Gasteiger partial charge in [0.1, 0.15) is 0 Å². The number of hydrazine groups is 1. The molecule has 0 spiro atoms. The number of aromatic nitrogens is 5. The Labute approximate surface area is 171 Å². The molecule has 0 aliphatic heterocycles. The average molecular weight is 399 g/mol. The van der Waals surface area contributed by atoms with Crippen LogP contribution < -0.4 is 10.9 Å². The van der Waals surface area contributed by atoms with Crippen molar-refractivity contribution < 1.29 is 9.59 Å². The van der Waals surface area contributed by atoms with E-state index in [0.29, 0.717) is 23.5 Å². The van der Waals surface area contributed by atoms with Gasteiger partial charge in [-0.2, -0.15) is 4.80 Å². The van der Waals surface area contributed by atoms with E-state index in [9.17, 15) is 9.59 Å². The van der Waals surface area contributed by atoms with Crippen LogP contribution in [0.3, 0.4) is 0 Å². The van der Waals surface area contributed by atoms with Crippen molar-refractivity contribution in [2.24, 2.45) is 0 Å². The lowest BCUT2D eigenvalue weighted by Crippen LogP contribution is -2.41. The molecule has 0 saturated carbocycles. The molecule has 2 aromatic carbocycles. The number of benzene rings is 2. The molecule has 9 heteroatoms. The molecule has 0 aliphatic carbocycles. The van der Waals surface area contributed by atoms with E-state index < -0.39 is 11.8 Å². The van der Waals surface area contributed by atoms with Gasteiger partial charge in [0.15, 0.2) is 0 Å². The zero-order valence-electron chi connectivity index (χ0n) is 15.8. The van der Waals surface area contributed by atoms with E-state index in [1.54, 1.807) is 36.4 Å². The Kier molecular flexibility index (Phi) is 5.52. The van der Waals surface area contributed by atoms with Crippen LogP contribution in [0.25, 0.3) is 11.4 Å². The van der Waals surface area contributed by atoms with Gasteiger partial charge >= 0.3 is 0 Å². The zero-order chi connectivity index (χ0) is 20.8. The number of amides is 2. The number of tetrazole rings is 1. The van der Waals surface area contributed by atoms with Crippen LogP contribution in [0.2, 0.25) is 0 Å². The second kappa shape index (κ2) is 8.74. The molecule has 0 bridgehead atoms. The molecule has 2 heterocycles. The first-order chi connectivity index (χ1) is 14.7. The molecule has 0 radical (unpaired) electrons. The molecule has 4 aromatic rings. The van der Waals surface area contributed by atoms with Crippen LogP contribution in [0.4, 0.5) is 0 Å². The monoisotopic (exact) mass is 399 g/mol. The fourth-order valence-electron chi connectivity index (χ4n) is 2.70. The molecule has 0 fully saturated rings. The summed E-state index contributed by atoms with van der Waals surface area (Å²) in [6.45, 7) is 0.417. The first kappa shape index (κ1) is 18.9. The molecule has 148 valence electrons. The Morgan fingerprint density at radius 2 is 1.43 bits per heavy atom. The molecule has 9 nitrogen and oxygen atoms in total. The summed E-state index contributed by atoms with van der Waals surface area (Å²) < 4.78 is 0. The summed E-state index contributed by atoms with van der Waals surface area (Å²) in [7, 11) is 0. The smallest absolute Gasteiger partial charge is 0.267 e. The van der Waals surface area contributed by atoms with Gasteiger partial charge < -0.3 is 0 Å². The molecule has 0 atom stereocenters. The lowest BCUT2D eigenvalue weighted by atomic mass is 10.1. The van der Waals surface area contributed by atoms with Crippen LogP contribution in [0.5, 0.6) is 0 Å². The summed E-state index contributed by atoms with van der Waals surface area (Å²) in [5, 5.41) is 12.5.